The van der Waals surface area contributed by atoms with E-state index in [2.05, 4.69) is 10.6 Å². The van der Waals surface area contributed by atoms with Crippen LogP contribution in [-0.4, -0.2) is 28.9 Å². The second-order valence-corrected chi connectivity index (χ2v) is 9.54. The summed E-state index contributed by atoms with van der Waals surface area (Å²) in [5, 5.41) is 15.0. The summed E-state index contributed by atoms with van der Waals surface area (Å²) in [7, 11) is 0. The lowest BCUT2D eigenvalue weighted by Crippen LogP contribution is -2.45. The molecular weight excluding hydrogens is 533 g/mol. The van der Waals surface area contributed by atoms with Crippen molar-refractivity contribution in [3.8, 4) is 0 Å². The molecule has 1 unspecified atom stereocenters. The van der Waals surface area contributed by atoms with Gasteiger partial charge in [-0.15, -0.1) is 0 Å². The van der Waals surface area contributed by atoms with Crippen LogP contribution in [0.1, 0.15) is 52.4 Å². The molecular formula is C29H26ClF3N2O4. The summed E-state index contributed by atoms with van der Waals surface area (Å²) in [6, 6.07) is 15.8. The first kappa shape index (κ1) is 29.4. The molecule has 3 aromatic carbocycles. The number of halogens is 4. The van der Waals surface area contributed by atoms with Crippen LogP contribution < -0.4 is 10.6 Å². The Morgan fingerprint density at radius 1 is 0.923 bits per heavy atom. The molecule has 0 radical (unpaired) electrons. The lowest BCUT2D eigenvalue weighted by atomic mass is 10.0. The van der Waals surface area contributed by atoms with E-state index >= 15 is 0 Å². The average molecular weight is 559 g/mol. The molecule has 0 aliphatic rings. The van der Waals surface area contributed by atoms with E-state index < -0.39 is 35.6 Å². The second-order valence-electron chi connectivity index (χ2n) is 9.10. The molecule has 0 saturated heterocycles. The van der Waals surface area contributed by atoms with E-state index in [1.807, 2.05) is 26.0 Å². The lowest BCUT2D eigenvalue weighted by Gasteiger charge is -2.17. The van der Waals surface area contributed by atoms with Gasteiger partial charge in [0.1, 0.15) is 11.7 Å². The summed E-state index contributed by atoms with van der Waals surface area (Å²) < 4.78 is 38.7. The molecule has 3 N–H and O–H groups in total. The molecule has 0 spiro atoms. The highest BCUT2D eigenvalue weighted by Gasteiger charge is 2.30. The molecule has 0 aliphatic carbocycles. The zero-order valence-corrected chi connectivity index (χ0v) is 21.8. The molecule has 39 heavy (non-hydrogen) atoms. The van der Waals surface area contributed by atoms with Gasteiger partial charge in [-0.3, -0.25) is 9.59 Å². The van der Waals surface area contributed by atoms with Gasteiger partial charge < -0.3 is 15.7 Å². The normalized spacial score (nSPS) is 12.6. The number of rotatable bonds is 9. The maximum atomic E-state index is 13.2. The van der Waals surface area contributed by atoms with Crippen molar-refractivity contribution in [1.82, 2.24) is 10.6 Å². The topological polar surface area (TPSA) is 95.5 Å². The number of hydrogen-bond donors (Lipinski definition) is 3. The number of amides is 2. The average Bonchev–Trinajstić information content (AvgIpc) is 2.88. The van der Waals surface area contributed by atoms with Gasteiger partial charge in [0.05, 0.1) is 5.56 Å². The number of benzene rings is 3. The Morgan fingerprint density at radius 2 is 1.51 bits per heavy atom. The molecule has 0 fully saturated rings. The second kappa shape index (κ2) is 12.6. The quantitative estimate of drug-likeness (QED) is 0.278. The number of nitrogens with one attached hydrogen (secondary N) is 2. The van der Waals surface area contributed by atoms with Crippen LogP contribution in [0.4, 0.5) is 13.2 Å². The first-order chi connectivity index (χ1) is 18.3. The van der Waals surface area contributed by atoms with Crippen molar-refractivity contribution in [2.24, 2.45) is 0 Å². The van der Waals surface area contributed by atoms with Crippen LogP contribution in [0.2, 0.25) is 5.02 Å². The highest BCUT2D eigenvalue weighted by atomic mass is 35.5. The molecule has 3 rings (SSSR count). The Bertz CT molecular complexity index is 1350. The van der Waals surface area contributed by atoms with Gasteiger partial charge in [-0.05, 0) is 65.1 Å². The van der Waals surface area contributed by atoms with Crippen LogP contribution in [0.25, 0.3) is 6.08 Å². The number of carbonyl (C=O) groups is 3. The molecule has 0 saturated carbocycles. The van der Waals surface area contributed by atoms with Gasteiger partial charge in [0.2, 0.25) is 0 Å². The fourth-order valence-corrected chi connectivity index (χ4v) is 3.73. The fourth-order valence-electron chi connectivity index (χ4n) is 3.60. The number of aliphatic carboxylic acids is 1. The summed E-state index contributed by atoms with van der Waals surface area (Å²) in [5.41, 5.74) is 0.870. The van der Waals surface area contributed by atoms with Gasteiger partial charge in [-0.25, -0.2) is 4.79 Å². The largest absolute Gasteiger partial charge is 0.480 e. The molecule has 0 heterocycles. The first-order valence-electron chi connectivity index (χ1n) is 11.9. The van der Waals surface area contributed by atoms with Crippen molar-refractivity contribution >= 4 is 35.5 Å². The van der Waals surface area contributed by atoms with Crippen LogP contribution in [0.5, 0.6) is 0 Å². The zero-order chi connectivity index (χ0) is 28.7. The highest BCUT2D eigenvalue weighted by Crippen LogP contribution is 2.29. The van der Waals surface area contributed by atoms with Crippen LogP contribution in [0.15, 0.2) is 78.5 Å². The third-order valence-electron chi connectivity index (χ3n) is 5.84. The van der Waals surface area contributed by atoms with Crippen molar-refractivity contribution in [3.05, 3.63) is 111 Å². The summed E-state index contributed by atoms with van der Waals surface area (Å²) >= 11 is 5.88. The van der Waals surface area contributed by atoms with Crippen LogP contribution in [0.3, 0.4) is 0 Å². The number of alkyl halides is 3. The van der Waals surface area contributed by atoms with E-state index in [0.717, 1.165) is 29.8 Å². The van der Waals surface area contributed by atoms with Gasteiger partial charge in [0.15, 0.2) is 0 Å². The Labute approximate surface area is 228 Å². The minimum atomic E-state index is -4.57. The predicted octanol–water partition coefficient (Wildman–Crippen LogP) is 6.07. The Kier molecular flexibility index (Phi) is 9.53. The molecule has 1 atom stereocenters. The molecule has 0 aliphatic heterocycles. The zero-order valence-electron chi connectivity index (χ0n) is 21.1. The van der Waals surface area contributed by atoms with Crippen molar-refractivity contribution in [3.63, 3.8) is 0 Å². The van der Waals surface area contributed by atoms with Crippen LogP contribution in [-0.2, 0) is 22.2 Å². The Morgan fingerprint density at radius 3 is 2.03 bits per heavy atom. The molecule has 0 bridgehead atoms. The van der Waals surface area contributed by atoms with Gasteiger partial charge in [-0.1, -0.05) is 61.8 Å². The van der Waals surface area contributed by atoms with E-state index in [1.54, 1.807) is 36.4 Å². The molecule has 6 nitrogen and oxygen atoms in total. The van der Waals surface area contributed by atoms with Crippen molar-refractivity contribution < 1.29 is 32.7 Å². The summed E-state index contributed by atoms with van der Waals surface area (Å²) in [6.45, 7) is 4.03. The van der Waals surface area contributed by atoms with E-state index in [4.69, 9.17) is 11.6 Å². The maximum absolute atomic E-state index is 13.2. The standard InChI is InChI=1S/C29H26ClF3N2O4/c1-17(2)20-7-3-18(4-8-20)15-24(34-26(36)21-9-11-22(12-10-21)29(31,32)33)27(37)35-25(28(38)39)16-19-5-13-23(30)14-6-19/h3-15,17,25H,16H2,1-2H3,(H,34,36)(H,35,37)(H,38,39). The lowest BCUT2D eigenvalue weighted by molar-refractivity contribution is -0.141. The maximum Gasteiger partial charge on any atom is 0.416 e. The number of carboxylic acid groups (broad SMARTS) is 1. The Balaban J connectivity index is 1.88. The smallest absolute Gasteiger partial charge is 0.416 e. The van der Waals surface area contributed by atoms with Crippen molar-refractivity contribution in [1.29, 1.82) is 0 Å². The first-order valence-corrected chi connectivity index (χ1v) is 12.3. The highest BCUT2D eigenvalue weighted by molar-refractivity contribution is 6.30. The third kappa shape index (κ3) is 8.44. The molecule has 2 amide bonds. The van der Waals surface area contributed by atoms with Gasteiger partial charge in [0.25, 0.3) is 11.8 Å². The van der Waals surface area contributed by atoms with Gasteiger partial charge in [0, 0.05) is 17.0 Å². The monoisotopic (exact) mass is 558 g/mol. The number of carboxylic acids is 1. The minimum absolute atomic E-state index is 0.0541. The predicted molar refractivity (Wildman–Crippen MR) is 142 cm³/mol. The number of carbonyl (C=O) groups excluding carboxylic acids is 2. The molecule has 3 aromatic rings. The number of hydrogen-bond acceptors (Lipinski definition) is 3. The minimum Gasteiger partial charge on any atom is -0.480 e. The summed E-state index contributed by atoms with van der Waals surface area (Å²) in [4.78, 5) is 38.0. The van der Waals surface area contributed by atoms with Gasteiger partial charge in [-0.2, -0.15) is 13.2 Å². The van der Waals surface area contributed by atoms with Crippen molar-refractivity contribution in [2.75, 3.05) is 0 Å². The molecule has 204 valence electrons. The Hall–Kier alpha value is -4.11. The third-order valence-corrected chi connectivity index (χ3v) is 6.09. The fraction of sp³-hybridized carbons (Fsp3) is 0.207. The SMILES string of the molecule is CC(C)c1ccc(C=C(NC(=O)c2ccc(C(F)(F)F)cc2)C(=O)NC(Cc2ccc(Cl)cc2)C(=O)O)cc1. The van der Waals surface area contributed by atoms with E-state index in [9.17, 15) is 32.7 Å². The molecule has 10 heteroatoms. The van der Waals surface area contributed by atoms with Gasteiger partial charge >= 0.3 is 12.1 Å². The van der Waals surface area contributed by atoms with E-state index in [-0.39, 0.29) is 23.6 Å². The van der Waals surface area contributed by atoms with Crippen LogP contribution >= 0.6 is 11.6 Å². The molecule has 0 aromatic heterocycles. The summed E-state index contributed by atoms with van der Waals surface area (Å²) in [6.07, 6.45) is -3.26. The van der Waals surface area contributed by atoms with E-state index in [0.29, 0.717) is 16.1 Å². The van der Waals surface area contributed by atoms with E-state index in [1.165, 1.54) is 6.08 Å². The summed E-state index contributed by atoms with van der Waals surface area (Å²) in [5.74, 6) is -2.76. The van der Waals surface area contributed by atoms with Crippen LogP contribution in [0, 0.1) is 0 Å². The van der Waals surface area contributed by atoms with Crippen molar-refractivity contribution in [2.45, 2.75) is 38.4 Å².